The SMILES string of the molecule is CCCn1cccc1CNC(CC)c1ccc(Br)cc1. The van der Waals surface area contributed by atoms with Gasteiger partial charge in [-0.1, -0.05) is 41.9 Å². The number of nitrogens with zero attached hydrogens (tertiary/aromatic N) is 1. The first kappa shape index (κ1) is 15.3. The molecule has 0 spiro atoms. The fraction of sp³-hybridized carbons (Fsp3) is 0.412. The van der Waals surface area contributed by atoms with E-state index in [1.165, 1.54) is 17.7 Å². The third-order valence-corrected chi connectivity index (χ3v) is 4.13. The molecule has 1 atom stereocenters. The lowest BCUT2D eigenvalue weighted by atomic mass is 10.0. The molecule has 0 radical (unpaired) electrons. The molecule has 2 aromatic rings. The Labute approximate surface area is 130 Å². The highest BCUT2D eigenvalue weighted by molar-refractivity contribution is 9.10. The van der Waals surface area contributed by atoms with Crippen LogP contribution in [0.1, 0.15) is 44.0 Å². The Morgan fingerprint density at radius 2 is 1.90 bits per heavy atom. The minimum Gasteiger partial charge on any atom is -0.350 e. The summed E-state index contributed by atoms with van der Waals surface area (Å²) in [6, 6.07) is 13.4. The summed E-state index contributed by atoms with van der Waals surface area (Å²) in [7, 11) is 0. The highest BCUT2D eigenvalue weighted by Gasteiger charge is 2.09. The fourth-order valence-electron chi connectivity index (χ4n) is 2.49. The van der Waals surface area contributed by atoms with E-state index in [0.717, 1.165) is 24.0 Å². The minimum atomic E-state index is 0.410. The van der Waals surface area contributed by atoms with E-state index in [-0.39, 0.29) is 0 Å². The topological polar surface area (TPSA) is 17.0 Å². The van der Waals surface area contributed by atoms with Crippen LogP contribution in [0.2, 0.25) is 0 Å². The summed E-state index contributed by atoms with van der Waals surface area (Å²) in [5.74, 6) is 0. The van der Waals surface area contributed by atoms with Crippen LogP contribution in [0.25, 0.3) is 0 Å². The molecule has 0 bridgehead atoms. The highest BCUT2D eigenvalue weighted by Crippen LogP contribution is 2.20. The van der Waals surface area contributed by atoms with Crippen molar-refractivity contribution in [2.75, 3.05) is 0 Å². The minimum absolute atomic E-state index is 0.410. The summed E-state index contributed by atoms with van der Waals surface area (Å²) in [6.45, 7) is 6.46. The van der Waals surface area contributed by atoms with Crippen LogP contribution >= 0.6 is 15.9 Å². The molecule has 1 N–H and O–H groups in total. The molecule has 2 rings (SSSR count). The van der Waals surface area contributed by atoms with Gasteiger partial charge in [-0.15, -0.1) is 0 Å². The van der Waals surface area contributed by atoms with Gasteiger partial charge in [-0.05, 0) is 42.7 Å². The van der Waals surface area contributed by atoms with Crippen molar-refractivity contribution in [1.29, 1.82) is 0 Å². The Kier molecular flexibility index (Phi) is 5.86. The molecule has 1 heterocycles. The van der Waals surface area contributed by atoms with Crippen LogP contribution in [0.5, 0.6) is 0 Å². The molecular formula is C17H23BrN2. The summed E-state index contributed by atoms with van der Waals surface area (Å²) in [4.78, 5) is 0. The second-order valence-electron chi connectivity index (χ2n) is 5.09. The van der Waals surface area contributed by atoms with E-state index in [1.54, 1.807) is 0 Å². The molecule has 1 aromatic carbocycles. The van der Waals surface area contributed by atoms with Crippen molar-refractivity contribution in [3.8, 4) is 0 Å². The lowest BCUT2D eigenvalue weighted by Crippen LogP contribution is -2.21. The number of halogens is 1. The zero-order valence-corrected chi connectivity index (χ0v) is 13.9. The Bertz CT molecular complexity index is 516. The van der Waals surface area contributed by atoms with Crippen molar-refractivity contribution in [3.05, 3.63) is 58.3 Å². The molecule has 0 amide bonds. The van der Waals surface area contributed by atoms with Gasteiger partial charge in [0.25, 0.3) is 0 Å². The van der Waals surface area contributed by atoms with Crippen molar-refractivity contribution < 1.29 is 0 Å². The molecule has 20 heavy (non-hydrogen) atoms. The summed E-state index contributed by atoms with van der Waals surface area (Å²) < 4.78 is 3.47. The average Bonchev–Trinajstić information content (AvgIpc) is 2.89. The summed E-state index contributed by atoms with van der Waals surface area (Å²) in [6.07, 6.45) is 4.43. The van der Waals surface area contributed by atoms with Gasteiger partial charge in [0.1, 0.15) is 0 Å². The molecule has 0 aliphatic heterocycles. The summed E-state index contributed by atoms with van der Waals surface area (Å²) in [5, 5.41) is 3.67. The maximum atomic E-state index is 3.67. The zero-order chi connectivity index (χ0) is 14.4. The van der Waals surface area contributed by atoms with Gasteiger partial charge in [-0.3, -0.25) is 0 Å². The average molecular weight is 335 g/mol. The Hall–Kier alpha value is -1.06. The van der Waals surface area contributed by atoms with Crippen LogP contribution < -0.4 is 5.32 Å². The highest BCUT2D eigenvalue weighted by atomic mass is 79.9. The van der Waals surface area contributed by atoms with Crippen LogP contribution in [0, 0.1) is 0 Å². The van der Waals surface area contributed by atoms with Crippen molar-refractivity contribution in [1.82, 2.24) is 9.88 Å². The molecule has 1 unspecified atom stereocenters. The van der Waals surface area contributed by atoms with Crippen LogP contribution in [0.3, 0.4) is 0 Å². The van der Waals surface area contributed by atoms with Gasteiger partial charge in [-0.2, -0.15) is 0 Å². The molecule has 2 nitrogen and oxygen atoms in total. The Morgan fingerprint density at radius 3 is 2.55 bits per heavy atom. The fourth-order valence-corrected chi connectivity index (χ4v) is 2.75. The number of hydrogen-bond donors (Lipinski definition) is 1. The predicted molar refractivity (Wildman–Crippen MR) is 88.7 cm³/mol. The smallest absolute Gasteiger partial charge is 0.0364 e. The molecule has 0 aliphatic rings. The zero-order valence-electron chi connectivity index (χ0n) is 12.3. The molecule has 0 saturated heterocycles. The maximum Gasteiger partial charge on any atom is 0.0364 e. The normalized spacial score (nSPS) is 12.6. The molecule has 1 aromatic heterocycles. The van der Waals surface area contributed by atoms with Crippen molar-refractivity contribution in [2.45, 2.75) is 45.8 Å². The third kappa shape index (κ3) is 3.97. The van der Waals surface area contributed by atoms with Crippen molar-refractivity contribution >= 4 is 15.9 Å². The summed E-state index contributed by atoms with van der Waals surface area (Å²) >= 11 is 3.49. The number of benzene rings is 1. The van der Waals surface area contributed by atoms with E-state index in [9.17, 15) is 0 Å². The number of aryl methyl sites for hydroxylation is 1. The van der Waals surface area contributed by atoms with E-state index >= 15 is 0 Å². The van der Waals surface area contributed by atoms with Gasteiger partial charge < -0.3 is 9.88 Å². The lowest BCUT2D eigenvalue weighted by Gasteiger charge is -2.18. The third-order valence-electron chi connectivity index (χ3n) is 3.60. The van der Waals surface area contributed by atoms with Crippen LogP contribution in [-0.2, 0) is 13.1 Å². The van der Waals surface area contributed by atoms with E-state index in [4.69, 9.17) is 0 Å². The molecule has 108 valence electrons. The lowest BCUT2D eigenvalue weighted by molar-refractivity contribution is 0.500. The van der Waals surface area contributed by atoms with Crippen LogP contribution in [-0.4, -0.2) is 4.57 Å². The van der Waals surface area contributed by atoms with Gasteiger partial charge in [0.15, 0.2) is 0 Å². The van der Waals surface area contributed by atoms with E-state index in [1.807, 2.05) is 0 Å². The largest absolute Gasteiger partial charge is 0.350 e. The number of aromatic nitrogens is 1. The summed E-state index contributed by atoms with van der Waals surface area (Å²) in [5.41, 5.74) is 2.71. The van der Waals surface area contributed by atoms with Gasteiger partial charge >= 0.3 is 0 Å². The first-order chi connectivity index (χ1) is 9.74. The van der Waals surface area contributed by atoms with E-state index in [0.29, 0.717) is 6.04 Å². The molecule has 3 heteroatoms. The number of rotatable bonds is 7. The first-order valence-electron chi connectivity index (χ1n) is 7.37. The standard InChI is InChI=1S/C17H23BrN2/c1-3-11-20-12-5-6-16(20)13-19-17(4-2)14-7-9-15(18)10-8-14/h5-10,12,17,19H,3-4,11,13H2,1-2H3. The molecular weight excluding hydrogens is 312 g/mol. The van der Waals surface area contributed by atoms with E-state index < -0.39 is 0 Å². The number of nitrogens with one attached hydrogen (secondary N) is 1. The van der Waals surface area contributed by atoms with Gasteiger partial charge in [0.05, 0.1) is 0 Å². The van der Waals surface area contributed by atoms with Gasteiger partial charge in [-0.25, -0.2) is 0 Å². The van der Waals surface area contributed by atoms with Gasteiger partial charge in [0.2, 0.25) is 0 Å². The quantitative estimate of drug-likeness (QED) is 0.761. The first-order valence-corrected chi connectivity index (χ1v) is 8.16. The maximum absolute atomic E-state index is 3.67. The Balaban J connectivity index is 2.00. The Morgan fingerprint density at radius 1 is 1.15 bits per heavy atom. The monoisotopic (exact) mass is 334 g/mol. The van der Waals surface area contributed by atoms with Crippen LogP contribution in [0.4, 0.5) is 0 Å². The van der Waals surface area contributed by atoms with Crippen molar-refractivity contribution in [3.63, 3.8) is 0 Å². The predicted octanol–water partition coefficient (Wildman–Crippen LogP) is 4.90. The second-order valence-corrected chi connectivity index (χ2v) is 6.00. The van der Waals surface area contributed by atoms with Gasteiger partial charge in [0, 0.05) is 35.5 Å². The second kappa shape index (κ2) is 7.65. The number of hydrogen-bond acceptors (Lipinski definition) is 1. The molecule has 0 aliphatic carbocycles. The van der Waals surface area contributed by atoms with E-state index in [2.05, 4.69) is 82.3 Å². The van der Waals surface area contributed by atoms with Crippen LogP contribution in [0.15, 0.2) is 47.1 Å². The molecule has 0 fully saturated rings. The molecule has 0 saturated carbocycles. The van der Waals surface area contributed by atoms with Crippen molar-refractivity contribution in [2.24, 2.45) is 0 Å².